The molecule has 0 saturated heterocycles. The molecule has 5 nitrogen and oxygen atoms in total. The Kier molecular flexibility index (Phi) is 3.88. The van der Waals surface area contributed by atoms with Gasteiger partial charge in [0.05, 0.1) is 0 Å². The predicted molar refractivity (Wildman–Crippen MR) is 31.6 cm³/mol. The maximum atomic E-state index is 10.3. The van der Waals surface area contributed by atoms with Gasteiger partial charge in [-0.15, -0.1) is 0 Å². The first kappa shape index (κ1) is 9.90. The summed E-state index contributed by atoms with van der Waals surface area (Å²) in [6, 6.07) is 0. The molecular weight excluding hydrogens is 168 g/mol. The molecule has 0 aromatic carbocycles. The molecule has 50 valence electrons. The molecule has 0 spiro atoms. The first-order chi connectivity index (χ1) is 4.18. The van der Waals surface area contributed by atoms with Gasteiger partial charge in [-0.05, 0) is 11.6 Å². The van der Waals surface area contributed by atoms with E-state index < -0.39 is 11.4 Å². The smallest absolute Gasteiger partial charge is 1.00 e. The van der Waals surface area contributed by atoms with E-state index in [4.69, 9.17) is 11.6 Å². The van der Waals surface area contributed by atoms with Crippen molar-refractivity contribution in [2.45, 2.75) is 0 Å². The molecule has 1 aromatic rings. The molecule has 0 aliphatic carbocycles. The molecular formula is C3H3ClN3NaO2. The van der Waals surface area contributed by atoms with Gasteiger partial charge in [0.25, 0.3) is 0 Å². The summed E-state index contributed by atoms with van der Waals surface area (Å²) in [4.78, 5) is 27.6. The topological polar surface area (TPSA) is 78.6 Å². The number of aromatic amines is 2. The number of H-pyrrole nitrogens is 2. The minimum Gasteiger partial charge on any atom is -1.00 e. The summed E-state index contributed by atoms with van der Waals surface area (Å²) in [6.07, 6.45) is 0. The monoisotopic (exact) mass is 171 g/mol. The molecule has 0 aliphatic rings. The van der Waals surface area contributed by atoms with E-state index >= 15 is 0 Å². The molecule has 0 radical (unpaired) electrons. The van der Waals surface area contributed by atoms with Crippen LogP contribution in [0.5, 0.6) is 0 Å². The van der Waals surface area contributed by atoms with E-state index in [9.17, 15) is 9.59 Å². The minimum atomic E-state index is -0.747. The van der Waals surface area contributed by atoms with Crippen LogP contribution in [-0.4, -0.2) is 15.0 Å². The van der Waals surface area contributed by atoms with E-state index in [1.165, 1.54) is 0 Å². The van der Waals surface area contributed by atoms with Gasteiger partial charge in [0, 0.05) is 0 Å². The van der Waals surface area contributed by atoms with E-state index in [0.29, 0.717) is 0 Å². The van der Waals surface area contributed by atoms with Crippen LogP contribution >= 0.6 is 11.6 Å². The van der Waals surface area contributed by atoms with E-state index in [-0.39, 0.29) is 36.3 Å². The molecule has 0 atom stereocenters. The minimum absolute atomic E-state index is 0. The van der Waals surface area contributed by atoms with Gasteiger partial charge in [-0.2, -0.15) is 4.98 Å². The quantitative estimate of drug-likeness (QED) is 0.394. The van der Waals surface area contributed by atoms with Crippen LogP contribution in [0.3, 0.4) is 0 Å². The second kappa shape index (κ2) is 3.92. The van der Waals surface area contributed by atoms with E-state index in [0.717, 1.165) is 0 Å². The summed E-state index contributed by atoms with van der Waals surface area (Å²) < 4.78 is 0. The average molecular weight is 172 g/mol. The first-order valence-corrected chi connectivity index (χ1v) is 2.42. The van der Waals surface area contributed by atoms with Gasteiger partial charge in [0.15, 0.2) is 0 Å². The second-order valence-electron chi connectivity index (χ2n) is 1.29. The summed E-state index contributed by atoms with van der Waals surface area (Å²) >= 11 is 5.16. The molecule has 0 aliphatic heterocycles. The van der Waals surface area contributed by atoms with Crippen molar-refractivity contribution >= 4 is 11.6 Å². The molecule has 10 heavy (non-hydrogen) atoms. The summed E-state index contributed by atoms with van der Waals surface area (Å²) in [5, 5.41) is -0.205. The predicted octanol–water partition coefficient (Wildman–Crippen LogP) is -3.77. The third kappa shape index (κ3) is 2.66. The molecule has 7 heteroatoms. The van der Waals surface area contributed by atoms with Crippen molar-refractivity contribution in [3.8, 4) is 0 Å². The number of hydrogen-bond acceptors (Lipinski definition) is 3. The number of nitrogens with zero attached hydrogens (tertiary/aromatic N) is 1. The van der Waals surface area contributed by atoms with Crippen molar-refractivity contribution in [1.29, 1.82) is 0 Å². The molecule has 1 rings (SSSR count). The number of nitrogens with one attached hydrogen (secondary N) is 2. The Morgan fingerprint density at radius 3 is 2.40 bits per heavy atom. The molecule has 1 heterocycles. The molecule has 2 N–H and O–H groups in total. The van der Waals surface area contributed by atoms with E-state index in [1.807, 2.05) is 4.98 Å². The van der Waals surface area contributed by atoms with Crippen LogP contribution in [0.25, 0.3) is 0 Å². The summed E-state index contributed by atoms with van der Waals surface area (Å²) in [6.45, 7) is 0. The maximum absolute atomic E-state index is 10.3. The van der Waals surface area contributed by atoms with Crippen LogP contribution < -0.4 is 40.9 Å². The number of rotatable bonds is 0. The van der Waals surface area contributed by atoms with Gasteiger partial charge >= 0.3 is 40.9 Å². The third-order valence-corrected chi connectivity index (χ3v) is 0.816. The van der Waals surface area contributed by atoms with Crippen LogP contribution in [-0.2, 0) is 0 Å². The summed E-state index contributed by atoms with van der Waals surface area (Å²) in [5.41, 5.74) is -1.40. The number of halogens is 1. The van der Waals surface area contributed by atoms with Crippen molar-refractivity contribution < 1.29 is 31.0 Å². The molecule has 0 saturated carbocycles. The van der Waals surface area contributed by atoms with Crippen LogP contribution in [0.2, 0.25) is 5.28 Å². The van der Waals surface area contributed by atoms with Gasteiger partial charge in [0.1, 0.15) is 0 Å². The average Bonchev–Trinajstić information content (AvgIpc) is 1.59. The largest absolute Gasteiger partial charge is 1.00 e. The van der Waals surface area contributed by atoms with E-state index in [2.05, 4.69) is 9.97 Å². The zero-order valence-corrected chi connectivity index (χ0v) is 7.90. The van der Waals surface area contributed by atoms with Gasteiger partial charge in [-0.25, -0.2) is 9.59 Å². The fraction of sp³-hybridized carbons (Fsp3) is 0. The molecule has 0 amide bonds. The molecule has 1 aromatic heterocycles. The van der Waals surface area contributed by atoms with Gasteiger partial charge < -0.3 is 1.43 Å². The first-order valence-electron chi connectivity index (χ1n) is 2.04. The zero-order chi connectivity index (χ0) is 6.85. The third-order valence-electron chi connectivity index (χ3n) is 0.637. The fourth-order valence-electron chi connectivity index (χ4n) is 0.367. The van der Waals surface area contributed by atoms with E-state index in [1.54, 1.807) is 0 Å². The van der Waals surface area contributed by atoms with Crippen molar-refractivity contribution in [1.82, 2.24) is 15.0 Å². The normalized spacial score (nSPS) is 8.50. The molecule has 0 bridgehead atoms. The van der Waals surface area contributed by atoms with Crippen molar-refractivity contribution in [3.05, 3.63) is 26.3 Å². The maximum Gasteiger partial charge on any atom is 1.00 e. The Labute approximate surface area is 83.6 Å². The van der Waals surface area contributed by atoms with Gasteiger partial charge in [-0.1, -0.05) is 0 Å². The Balaban J connectivity index is 0. The van der Waals surface area contributed by atoms with Gasteiger partial charge in [0.2, 0.25) is 5.28 Å². The van der Waals surface area contributed by atoms with Crippen molar-refractivity contribution in [2.75, 3.05) is 0 Å². The Bertz CT molecular complexity index is 295. The summed E-state index contributed by atoms with van der Waals surface area (Å²) in [5.74, 6) is 0. The number of hydrogen-bond donors (Lipinski definition) is 2. The van der Waals surface area contributed by atoms with Crippen LogP contribution in [0.1, 0.15) is 1.43 Å². The standard InChI is InChI=1S/C3H2ClN3O2.Na.H/c4-1-5-2(8)7-3(9)6-1;;/h(H2,5,6,7,8,9);;/q;+1;-1. The fourth-order valence-corrected chi connectivity index (χ4v) is 0.530. The summed E-state index contributed by atoms with van der Waals surface area (Å²) in [7, 11) is 0. The van der Waals surface area contributed by atoms with Crippen LogP contribution in [0, 0.1) is 0 Å². The molecule has 0 fully saturated rings. The Hall–Kier alpha value is -0.100. The van der Waals surface area contributed by atoms with Crippen molar-refractivity contribution in [2.24, 2.45) is 0 Å². The Morgan fingerprint density at radius 2 is 2.00 bits per heavy atom. The van der Waals surface area contributed by atoms with Crippen LogP contribution in [0.4, 0.5) is 0 Å². The Morgan fingerprint density at radius 1 is 1.40 bits per heavy atom. The second-order valence-corrected chi connectivity index (χ2v) is 1.64. The van der Waals surface area contributed by atoms with Crippen LogP contribution in [0.15, 0.2) is 9.59 Å². The number of aromatic nitrogens is 3. The van der Waals surface area contributed by atoms with Gasteiger partial charge in [-0.3, -0.25) is 9.97 Å². The molecule has 0 unspecified atom stereocenters. The zero-order valence-electron chi connectivity index (χ0n) is 6.14. The SMILES string of the molecule is O=c1nc(Cl)[nH]c(=O)[nH]1.[H-].[Na+]. The van der Waals surface area contributed by atoms with Crippen molar-refractivity contribution in [3.63, 3.8) is 0 Å².